The van der Waals surface area contributed by atoms with Crippen LogP contribution in [0.2, 0.25) is 0 Å². The van der Waals surface area contributed by atoms with Crippen LogP contribution in [0.1, 0.15) is 77.2 Å². The molecule has 1 heteroatoms. The highest BCUT2D eigenvalue weighted by molar-refractivity contribution is 5.38. The van der Waals surface area contributed by atoms with E-state index in [2.05, 4.69) is 67.9 Å². The maximum Gasteiger partial charge on any atom is 0.0198 e. The molecule has 0 radical (unpaired) electrons. The Hall–Kier alpha value is -1.50. The van der Waals surface area contributed by atoms with Gasteiger partial charge in [-0.05, 0) is 49.4 Å². The van der Waals surface area contributed by atoms with Crippen LogP contribution in [-0.4, -0.2) is 18.0 Å². The lowest BCUT2D eigenvalue weighted by atomic mass is 9.66. The Bertz CT molecular complexity index is 530. The van der Waals surface area contributed by atoms with Crippen LogP contribution < -0.4 is 0 Å². The lowest BCUT2D eigenvalue weighted by Crippen LogP contribution is -2.39. The molecule has 0 saturated carbocycles. The summed E-state index contributed by atoms with van der Waals surface area (Å²) in [5.41, 5.74) is 3.32. The van der Waals surface area contributed by atoms with Crippen LogP contribution in [-0.2, 0) is 5.41 Å². The SMILES string of the molecule is C=CCCC1(c2ccccc2)CCN(CCCCCCC)C=C1CC. The average molecular weight is 340 g/mol. The van der Waals surface area contributed by atoms with Gasteiger partial charge in [-0.25, -0.2) is 0 Å². The molecule has 1 aliphatic rings. The van der Waals surface area contributed by atoms with Gasteiger partial charge in [-0.2, -0.15) is 0 Å². The largest absolute Gasteiger partial charge is 0.377 e. The quantitative estimate of drug-likeness (QED) is 0.314. The number of hydrogen-bond donors (Lipinski definition) is 0. The molecule has 2 rings (SSSR count). The molecule has 138 valence electrons. The van der Waals surface area contributed by atoms with Gasteiger partial charge in [-0.1, -0.05) is 75.9 Å². The summed E-state index contributed by atoms with van der Waals surface area (Å²) in [6.45, 7) is 11.0. The monoisotopic (exact) mass is 339 g/mol. The van der Waals surface area contributed by atoms with E-state index in [0.29, 0.717) is 0 Å². The maximum absolute atomic E-state index is 3.97. The molecule has 0 aliphatic carbocycles. The Balaban J connectivity index is 2.12. The molecular formula is C24H37N. The van der Waals surface area contributed by atoms with Crippen molar-refractivity contribution in [1.82, 2.24) is 4.90 Å². The summed E-state index contributed by atoms with van der Waals surface area (Å²) < 4.78 is 0. The van der Waals surface area contributed by atoms with E-state index in [1.54, 1.807) is 5.57 Å². The Kier molecular flexibility index (Phi) is 8.31. The first-order valence-corrected chi connectivity index (χ1v) is 10.4. The van der Waals surface area contributed by atoms with Gasteiger partial charge in [0, 0.05) is 18.5 Å². The maximum atomic E-state index is 3.97. The van der Waals surface area contributed by atoms with Crippen molar-refractivity contribution in [1.29, 1.82) is 0 Å². The molecule has 0 spiro atoms. The van der Waals surface area contributed by atoms with E-state index in [4.69, 9.17) is 0 Å². The molecule has 1 aliphatic heterocycles. The van der Waals surface area contributed by atoms with Crippen molar-refractivity contribution in [3.8, 4) is 0 Å². The van der Waals surface area contributed by atoms with Crippen LogP contribution in [0.5, 0.6) is 0 Å². The Morgan fingerprint density at radius 1 is 1.08 bits per heavy atom. The third kappa shape index (κ3) is 5.23. The normalized spacial score (nSPS) is 20.4. The Morgan fingerprint density at radius 2 is 1.84 bits per heavy atom. The summed E-state index contributed by atoms with van der Waals surface area (Å²) in [5, 5.41) is 0. The van der Waals surface area contributed by atoms with Crippen molar-refractivity contribution in [2.75, 3.05) is 13.1 Å². The van der Waals surface area contributed by atoms with Gasteiger partial charge >= 0.3 is 0 Å². The molecule has 1 heterocycles. The van der Waals surface area contributed by atoms with Crippen LogP contribution in [0.4, 0.5) is 0 Å². The highest BCUT2D eigenvalue weighted by Gasteiger charge is 2.37. The molecule has 1 nitrogen and oxygen atoms in total. The number of unbranched alkanes of at least 4 members (excludes halogenated alkanes) is 4. The van der Waals surface area contributed by atoms with E-state index in [1.807, 2.05) is 0 Å². The average Bonchev–Trinajstić information content (AvgIpc) is 2.67. The molecule has 0 bridgehead atoms. The first-order valence-electron chi connectivity index (χ1n) is 10.4. The molecule has 1 aromatic rings. The van der Waals surface area contributed by atoms with Gasteiger partial charge in [0.1, 0.15) is 0 Å². The van der Waals surface area contributed by atoms with Gasteiger partial charge in [-0.15, -0.1) is 6.58 Å². The molecule has 1 unspecified atom stereocenters. The summed E-state index contributed by atoms with van der Waals surface area (Å²) in [6, 6.07) is 11.2. The highest BCUT2D eigenvalue weighted by atomic mass is 15.1. The third-order valence-electron chi connectivity index (χ3n) is 5.81. The van der Waals surface area contributed by atoms with Crippen LogP contribution in [0.25, 0.3) is 0 Å². The molecule has 0 aromatic heterocycles. The van der Waals surface area contributed by atoms with E-state index in [1.165, 1.54) is 63.6 Å². The van der Waals surface area contributed by atoms with Crippen molar-refractivity contribution >= 4 is 0 Å². The number of benzene rings is 1. The van der Waals surface area contributed by atoms with E-state index < -0.39 is 0 Å². The topological polar surface area (TPSA) is 3.24 Å². The standard InChI is InChI=1S/C24H37N/c1-4-7-9-10-14-19-25-20-18-24(17-8-5-2,22(6-3)21-25)23-15-12-11-13-16-23/h5,11-13,15-16,21H,2,4,6-10,14,17-20H2,1,3H3. The Morgan fingerprint density at radius 3 is 2.52 bits per heavy atom. The zero-order chi connectivity index (χ0) is 18.0. The van der Waals surface area contributed by atoms with Crippen LogP contribution in [0.3, 0.4) is 0 Å². The summed E-state index contributed by atoms with van der Waals surface area (Å²) in [5.74, 6) is 0. The summed E-state index contributed by atoms with van der Waals surface area (Å²) in [7, 11) is 0. The van der Waals surface area contributed by atoms with Crippen LogP contribution >= 0.6 is 0 Å². The number of hydrogen-bond acceptors (Lipinski definition) is 1. The zero-order valence-corrected chi connectivity index (χ0v) is 16.5. The van der Waals surface area contributed by atoms with Gasteiger partial charge < -0.3 is 4.90 Å². The highest BCUT2D eigenvalue weighted by Crippen LogP contribution is 2.44. The number of allylic oxidation sites excluding steroid dienone is 2. The molecule has 0 amide bonds. The first kappa shape index (κ1) is 19.8. The summed E-state index contributed by atoms with van der Waals surface area (Å²) in [4.78, 5) is 2.58. The van der Waals surface area contributed by atoms with Crippen molar-refractivity contribution in [3.05, 3.63) is 60.3 Å². The second kappa shape index (κ2) is 10.5. The lowest BCUT2D eigenvalue weighted by Gasteiger charge is -2.43. The molecule has 1 aromatic carbocycles. The second-order valence-electron chi connectivity index (χ2n) is 7.48. The smallest absolute Gasteiger partial charge is 0.0198 e. The van der Waals surface area contributed by atoms with E-state index in [-0.39, 0.29) is 5.41 Å². The predicted molar refractivity (Wildman–Crippen MR) is 111 cm³/mol. The fraction of sp³-hybridized carbons (Fsp3) is 0.583. The van der Waals surface area contributed by atoms with E-state index in [0.717, 1.165) is 12.8 Å². The van der Waals surface area contributed by atoms with Crippen LogP contribution in [0.15, 0.2) is 54.8 Å². The molecule has 0 saturated heterocycles. The van der Waals surface area contributed by atoms with Gasteiger partial charge in [0.2, 0.25) is 0 Å². The minimum absolute atomic E-state index is 0.211. The fourth-order valence-electron chi connectivity index (χ4n) is 4.29. The van der Waals surface area contributed by atoms with E-state index >= 15 is 0 Å². The minimum Gasteiger partial charge on any atom is -0.377 e. The molecular weight excluding hydrogens is 302 g/mol. The van der Waals surface area contributed by atoms with Crippen molar-refractivity contribution in [2.24, 2.45) is 0 Å². The van der Waals surface area contributed by atoms with Crippen molar-refractivity contribution in [3.63, 3.8) is 0 Å². The first-order chi connectivity index (χ1) is 12.3. The molecule has 0 fully saturated rings. The minimum atomic E-state index is 0.211. The number of nitrogens with zero attached hydrogens (tertiary/aromatic N) is 1. The van der Waals surface area contributed by atoms with Crippen LogP contribution in [0, 0.1) is 0 Å². The second-order valence-corrected chi connectivity index (χ2v) is 7.48. The van der Waals surface area contributed by atoms with Crippen molar-refractivity contribution in [2.45, 2.75) is 77.0 Å². The van der Waals surface area contributed by atoms with Gasteiger partial charge in [0.15, 0.2) is 0 Å². The number of rotatable bonds is 11. The van der Waals surface area contributed by atoms with E-state index in [9.17, 15) is 0 Å². The van der Waals surface area contributed by atoms with Gasteiger partial charge in [0.05, 0.1) is 0 Å². The lowest BCUT2D eigenvalue weighted by molar-refractivity contribution is 0.268. The van der Waals surface area contributed by atoms with Gasteiger partial charge in [-0.3, -0.25) is 0 Å². The van der Waals surface area contributed by atoms with Gasteiger partial charge in [0.25, 0.3) is 0 Å². The summed E-state index contributed by atoms with van der Waals surface area (Å²) >= 11 is 0. The summed E-state index contributed by atoms with van der Waals surface area (Å²) in [6.07, 6.45) is 16.0. The molecule has 25 heavy (non-hydrogen) atoms. The molecule has 1 atom stereocenters. The van der Waals surface area contributed by atoms with Crippen molar-refractivity contribution < 1.29 is 0 Å². The Labute approximate surface area is 155 Å². The zero-order valence-electron chi connectivity index (χ0n) is 16.5. The molecule has 0 N–H and O–H groups in total. The fourth-order valence-corrected chi connectivity index (χ4v) is 4.29. The third-order valence-corrected chi connectivity index (χ3v) is 5.81. The predicted octanol–water partition coefficient (Wildman–Crippen LogP) is 6.86.